The molecule has 0 bridgehead atoms. The van der Waals surface area contributed by atoms with Crippen LogP contribution in [0.5, 0.6) is 0 Å². The first-order valence-corrected chi connectivity index (χ1v) is 14.9. The number of halogens is 1. The van der Waals surface area contributed by atoms with E-state index in [1.165, 1.54) is 5.70 Å². The Balaban J connectivity index is 0.000000333. The molecule has 1 aromatic carbocycles. The summed E-state index contributed by atoms with van der Waals surface area (Å²) in [5.41, 5.74) is 3.45. The minimum Gasteiger partial charge on any atom is -0.386 e. The van der Waals surface area contributed by atoms with E-state index < -0.39 is 0 Å². The van der Waals surface area contributed by atoms with Crippen molar-refractivity contribution in [1.29, 1.82) is 0 Å². The molecule has 2 unspecified atom stereocenters. The monoisotopic (exact) mass is 551 g/mol. The summed E-state index contributed by atoms with van der Waals surface area (Å²) in [6, 6.07) is 4.68. The van der Waals surface area contributed by atoms with Crippen LogP contribution in [-0.2, 0) is 6.54 Å². The third-order valence-corrected chi connectivity index (χ3v) is 7.79. The molecule has 2 atom stereocenters. The summed E-state index contributed by atoms with van der Waals surface area (Å²) < 4.78 is 0. The molecule has 0 radical (unpaired) electrons. The van der Waals surface area contributed by atoms with Gasteiger partial charge in [-0.2, -0.15) is 0 Å². The molecule has 4 aliphatic rings. The molecule has 1 aromatic rings. The van der Waals surface area contributed by atoms with E-state index in [1.54, 1.807) is 0 Å². The van der Waals surface area contributed by atoms with E-state index in [2.05, 4.69) is 101 Å². The average Bonchev–Trinajstić information content (AvgIpc) is 3.03. The van der Waals surface area contributed by atoms with Crippen LogP contribution < -0.4 is 31.8 Å². The largest absolute Gasteiger partial charge is 0.386 e. The Labute approximate surface area is 239 Å². The molecule has 2 saturated heterocycles. The first-order chi connectivity index (χ1) is 19.0. The maximum absolute atomic E-state index is 6.66. The topological polar surface area (TPSA) is 67.0 Å². The van der Waals surface area contributed by atoms with Crippen molar-refractivity contribution in [3.63, 3.8) is 0 Å². The predicted octanol–water partition coefficient (Wildman–Crippen LogP) is 2.82. The van der Waals surface area contributed by atoms with Crippen molar-refractivity contribution < 1.29 is 0 Å². The smallest absolute Gasteiger partial charge is 0.0737 e. The Hall–Kier alpha value is -2.74. The van der Waals surface area contributed by atoms with Crippen LogP contribution in [0.1, 0.15) is 39.2 Å². The molecule has 0 spiro atoms. The van der Waals surface area contributed by atoms with Crippen LogP contribution in [0.15, 0.2) is 65.3 Å². The number of nitrogens with zero attached hydrogens (tertiary/aromatic N) is 3. The fraction of sp³-hybridized carbons (Fsp3) is 0.516. The van der Waals surface area contributed by atoms with Crippen LogP contribution >= 0.6 is 11.6 Å². The van der Waals surface area contributed by atoms with E-state index >= 15 is 0 Å². The predicted molar refractivity (Wildman–Crippen MR) is 164 cm³/mol. The molecular weight excluding hydrogens is 506 g/mol. The SMILES string of the molecule is C/C=C/N1CCNCC1.CC1\C=C/N=c2\cc(CNC3=CNCC=C3N3CCNC(C)C3)c(Cl)c\c2=C/CC1. The van der Waals surface area contributed by atoms with E-state index in [0.717, 1.165) is 92.1 Å². The number of allylic oxidation sites excluding steroid dienone is 2. The summed E-state index contributed by atoms with van der Waals surface area (Å²) in [5.74, 6) is 0.541. The normalized spacial score (nSPS) is 25.9. The molecule has 8 heteroatoms. The first-order valence-electron chi connectivity index (χ1n) is 14.5. The lowest BCUT2D eigenvalue weighted by atomic mass is 10.1. The molecule has 5 rings (SSSR count). The van der Waals surface area contributed by atoms with E-state index in [9.17, 15) is 0 Å². The lowest BCUT2D eigenvalue weighted by molar-refractivity contribution is 0.256. The van der Waals surface area contributed by atoms with Gasteiger partial charge in [-0.1, -0.05) is 36.8 Å². The van der Waals surface area contributed by atoms with Gasteiger partial charge in [0.2, 0.25) is 0 Å². The van der Waals surface area contributed by atoms with Gasteiger partial charge in [0.25, 0.3) is 0 Å². The lowest BCUT2D eigenvalue weighted by Gasteiger charge is -2.37. The summed E-state index contributed by atoms with van der Waals surface area (Å²) in [6.45, 7) is 15.7. The fourth-order valence-corrected chi connectivity index (χ4v) is 5.46. The van der Waals surface area contributed by atoms with Gasteiger partial charge in [-0.05, 0) is 67.8 Å². The van der Waals surface area contributed by atoms with Crippen LogP contribution in [0.2, 0.25) is 5.02 Å². The van der Waals surface area contributed by atoms with Crippen molar-refractivity contribution in [2.24, 2.45) is 10.9 Å². The van der Waals surface area contributed by atoms with Crippen LogP contribution in [0.3, 0.4) is 0 Å². The summed E-state index contributed by atoms with van der Waals surface area (Å²) in [7, 11) is 0. The molecule has 212 valence electrons. The summed E-state index contributed by atoms with van der Waals surface area (Å²) >= 11 is 6.66. The minimum atomic E-state index is 0.497. The quantitative estimate of drug-likeness (QED) is 0.451. The molecule has 0 aliphatic carbocycles. The number of rotatable bonds is 5. The summed E-state index contributed by atoms with van der Waals surface area (Å²) in [5, 5.41) is 16.7. The minimum absolute atomic E-state index is 0.497. The van der Waals surface area contributed by atoms with Crippen molar-refractivity contribution in [2.45, 2.75) is 46.2 Å². The molecule has 0 amide bonds. The fourth-order valence-electron chi connectivity index (χ4n) is 5.22. The number of piperazine rings is 2. The first kappa shape index (κ1) is 29.2. The van der Waals surface area contributed by atoms with Crippen LogP contribution in [0.4, 0.5) is 0 Å². The van der Waals surface area contributed by atoms with Gasteiger partial charge in [0.15, 0.2) is 0 Å². The van der Waals surface area contributed by atoms with Crippen molar-refractivity contribution in [1.82, 2.24) is 31.1 Å². The number of hydrogen-bond acceptors (Lipinski definition) is 7. The highest BCUT2D eigenvalue weighted by atomic mass is 35.5. The Kier molecular flexibility index (Phi) is 11.4. The maximum Gasteiger partial charge on any atom is 0.0737 e. The number of hydrogen-bond donors (Lipinski definition) is 4. The van der Waals surface area contributed by atoms with Crippen LogP contribution in [0, 0.1) is 5.92 Å². The van der Waals surface area contributed by atoms with Gasteiger partial charge >= 0.3 is 0 Å². The molecule has 2 fully saturated rings. The molecule has 4 N–H and O–H groups in total. The van der Waals surface area contributed by atoms with E-state index in [0.29, 0.717) is 18.5 Å². The highest BCUT2D eigenvalue weighted by Crippen LogP contribution is 2.19. The molecule has 4 heterocycles. The van der Waals surface area contributed by atoms with Gasteiger partial charge < -0.3 is 31.1 Å². The second-order valence-corrected chi connectivity index (χ2v) is 11.1. The van der Waals surface area contributed by atoms with Gasteiger partial charge in [-0.25, -0.2) is 0 Å². The Morgan fingerprint density at radius 3 is 2.77 bits per heavy atom. The summed E-state index contributed by atoms with van der Waals surface area (Å²) in [6.07, 6.45) is 17.1. The van der Waals surface area contributed by atoms with E-state index in [4.69, 9.17) is 16.6 Å². The molecular formula is C31H46ClN7. The van der Waals surface area contributed by atoms with Crippen molar-refractivity contribution in [3.05, 3.63) is 81.5 Å². The zero-order valence-corrected chi connectivity index (χ0v) is 24.6. The van der Waals surface area contributed by atoms with Gasteiger partial charge in [-0.15, -0.1) is 0 Å². The van der Waals surface area contributed by atoms with Gasteiger partial charge in [-0.3, -0.25) is 4.99 Å². The number of benzene rings is 1. The molecule has 0 aromatic heterocycles. The Morgan fingerprint density at radius 2 is 1.97 bits per heavy atom. The maximum atomic E-state index is 6.66. The molecule has 7 nitrogen and oxygen atoms in total. The van der Waals surface area contributed by atoms with Crippen LogP contribution in [0.25, 0.3) is 6.08 Å². The van der Waals surface area contributed by atoms with Crippen molar-refractivity contribution in [2.75, 3.05) is 52.4 Å². The van der Waals surface area contributed by atoms with Gasteiger partial charge in [0.05, 0.1) is 16.8 Å². The second kappa shape index (κ2) is 15.2. The number of dihydropyridines is 1. The zero-order chi connectivity index (χ0) is 27.5. The Bertz CT molecular complexity index is 1180. The average molecular weight is 552 g/mol. The number of fused-ring (bicyclic) bond motifs is 1. The van der Waals surface area contributed by atoms with Crippen molar-refractivity contribution in [3.8, 4) is 0 Å². The van der Waals surface area contributed by atoms with E-state index in [1.807, 2.05) is 6.20 Å². The summed E-state index contributed by atoms with van der Waals surface area (Å²) in [4.78, 5) is 9.49. The lowest BCUT2D eigenvalue weighted by Crippen LogP contribution is -2.49. The number of nitrogens with one attached hydrogen (secondary N) is 4. The highest BCUT2D eigenvalue weighted by molar-refractivity contribution is 6.31. The Morgan fingerprint density at radius 1 is 1.13 bits per heavy atom. The third kappa shape index (κ3) is 8.88. The third-order valence-electron chi connectivity index (χ3n) is 7.44. The molecule has 4 aliphatic heterocycles. The highest BCUT2D eigenvalue weighted by Gasteiger charge is 2.21. The second-order valence-electron chi connectivity index (χ2n) is 10.7. The van der Waals surface area contributed by atoms with Gasteiger partial charge in [0.1, 0.15) is 0 Å². The van der Waals surface area contributed by atoms with Crippen LogP contribution in [-0.4, -0.2) is 68.2 Å². The van der Waals surface area contributed by atoms with E-state index in [-0.39, 0.29) is 0 Å². The zero-order valence-electron chi connectivity index (χ0n) is 23.8. The van der Waals surface area contributed by atoms with Gasteiger partial charge in [0, 0.05) is 82.4 Å². The standard InChI is InChI=1S/C24H32ClN5.C7H14N2/c1-17-4-3-5-19-12-21(25)20(13-22(19)28-9-6-17)14-29-23-15-26-8-7-24(23)30-11-10-27-18(2)16-30;1-2-5-9-6-3-8-4-7-9/h5-7,9,12-13,15,17-18,26-27,29H,3-4,8,10-11,14,16H2,1-2H3;2,5,8H,3-4,6-7H2,1H3/b9-6-,19-5+,28-22+;5-2+. The molecule has 39 heavy (non-hydrogen) atoms. The molecule has 0 saturated carbocycles. The van der Waals surface area contributed by atoms with Crippen molar-refractivity contribution >= 4 is 17.7 Å².